The van der Waals surface area contributed by atoms with Crippen LogP contribution < -0.4 is 10.6 Å². The zero-order valence-corrected chi connectivity index (χ0v) is 21.4. The molecule has 0 spiro atoms. The van der Waals surface area contributed by atoms with E-state index in [1.807, 2.05) is 38.1 Å². The minimum absolute atomic E-state index is 0.0628. The number of hydrogen-bond acceptors (Lipinski definition) is 3. The molecule has 1 aromatic heterocycles. The van der Waals surface area contributed by atoms with E-state index in [1.165, 1.54) is 17.7 Å². The van der Waals surface area contributed by atoms with Gasteiger partial charge in [0.1, 0.15) is 11.6 Å². The molecule has 4 aromatic rings. The van der Waals surface area contributed by atoms with Gasteiger partial charge in [-0.25, -0.2) is 8.78 Å². The van der Waals surface area contributed by atoms with Crippen molar-refractivity contribution >= 4 is 16.8 Å². The number of aliphatic hydroxyl groups is 1. The fourth-order valence-corrected chi connectivity index (χ4v) is 4.65. The van der Waals surface area contributed by atoms with Crippen LogP contribution in [0.25, 0.3) is 10.9 Å². The molecule has 0 unspecified atom stereocenters. The predicted molar refractivity (Wildman–Crippen MR) is 143 cm³/mol. The van der Waals surface area contributed by atoms with Crippen LogP contribution in [0.15, 0.2) is 60.7 Å². The lowest BCUT2D eigenvalue weighted by Gasteiger charge is -2.25. The Morgan fingerprint density at radius 1 is 0.973 bits per heavy atom. The zero-order chi connectivity index (χ0) is 26.5. The van der Waals surface area contributed by atoms with E-state index in [0.29, 0.717) is 23.2 Å². The SMILES string of the molecule is CCc1cccc(CNC[C@H](O)[C@H](Cc2cc(F)cc(F)c2)NC(=O)c2cccc3c(C)c(C)[nH]c23)c1. The number of benzene rings is 3. The number of H-pyrrole nitrogens is 1. The molecule has 5 nitrogen and oxygen atoms in total. The third-order valence-corrected chi connectivity index (χ3v) is 6.83. The molecule has 1 heterocycles. The molecular formula is C30H33F2N3O2. The number of aromatic amines is 1. The minimum Gasteiger partial charge on any atom is -0.390 e. The summed E-state index contributed by atoms with van der Waals surface area (Å²) in [5.41, 5.74) is 5.86. The van der Waals surface area contributed by atoms with Crippen LogP contribution in [0, 0.1) is 25.5 Å². The number of carbonyl (C=O) groups is 1. The number of fused-ring (bicyclic) bond motifs is 1. The Hall–Kier alpha value is -3.55. The van der Waals surface area contributed by atoms with E-state index in [0.717, 1.165) is 34.7 Å². The Balaban J connectivity index is 1.53. The number of aliphatic hydroxyl groups excluding tert-OH is 1. The third-order valence-electron chi connectivity index (χ3n) is 6.83. The molecule has 7 heteroatoms. The van der Waals surface area contributed by atoms with E-state index in [4.69, 9.17) is 0 Å². The molecule has 0 saturated carbocycles. The number of aromatic nitrogens is 1. The number of aryl methyl sites for hydroxylation is 3. The van der Waals surface area contributed by atoms with E-state index >= 15 is 0 Å². The first-order valence-electron chi connectivity index (χ1n) is 12.6. The van der Waals surface area contributed by atoms with Gasteiger partial charge in [-0.1, -0.05) is 43.3 Å². The van der Waals surface area contributed by atoms with Gasteiger partial charge in [0, 0.05) is 30.2 Å². The van der Waals surface area contributed by atoms with Crippen molar-refractivity contribution < 1.29 is 18.7 Å². The molecule has 2 atom stereocenters. The molecule has 4 rings (SSSR count). The van der Waals surface area contributed by atoms with Crippen LogP contribution >= 0.6 is 0 Å². The van der Waals surface area contributed by atoms with E-state index in [1.54, 1.807) is 6.07 Å². The van der Waals surface area contributed by atoms with Gasteiger partial charge in [0.15, 0.2) is 0 Å². The van der Waals surface area contributed by atoms with Crippen molar-refractivity contribution in [2.24, 2.45) is 0 Å². The maximum absolute atomic E-state index is 13.9. The van der Waals surface area contributed by atoms with E-state index in [9.17, 15) is 18.7 Å². The van der Waals surface area contributed by atoms with E-state index < -0.39 is 23.8 Å². The first-order valence-corrected chi connectivity index (χ1v) is 12.6. The summed E-state index contributed by atoms with van der Waals surface area (Å²) in [6.45, 7) is 6.76. The van der Waals surface area contributed by atoms with Crippen LogP contribution in [0.4, 0.5) is 8.78 Å². The summed E-state index contributed by atoms with van der Waals surface area (Å²) in [5, 5.41) is 18.2. The van der Waals surface area contributed by atoms with Crippen molar-refractivity contribution in [3.63, 3.8) is 0 Å². The fraction of sp³-hybridized carbons (Fsp3) is 0.300. The lowest BCUT2D eigenvalue weighted by molar-refractivity contribution is 0.0831. The average Bonchev–Trinajstić information content (AvgIpc) is 3.16. The number of para-hydroxylation sites is 1. The third kappa shape index (κ3) is 6.42. The molecule has 0 aliphatic rings. The second-order valence-corrected chi connectivity index (χ2v) is 9.54. The molecule has 1 amide bonds. The number of rotatable bonds is 10. The smallest absolute Gasteiger partial charge is 0.253 e. The van der Waals surface area contributed by atoms with Crippen molar-refractivity contribution in [2.75, 3.05) is 6.54 Å². The largest absolute Gasteiger partial charge is 0.390 e. The van der Waals surface area contributed by atoms with Crippen molar-refractivity contribution in [3.8, 4) is 0 Å². The van der Waals surface area contributed by atoms with Gasteiger partial charge in [-0.2, -0.15) is 0 Å². The number of hydrogen-bond donors (Lipinski definition) is 4. The van der Waals surface area contributed by atoms with Gasteiger partial charge in [-0.15, -0.1) is 0 Å². The number of halogens is 2. The van der Waals surface area contributed by atoms with Gasteiger partial charge in [0.05, 0.1) is 23.2 Å². The topological polar surface area (TPSA) is 77.2 Å². The van der Waals surface area contributed by atoms with Crippen LogP contribution in [0.3, 0.4) is 0 Å². The van der Waals surface area contributed by atoms with Gasteiger partial charge >= 0.3 is 0 Å². The number of carbonyl (C=O) groups excluding carboxylic acids is 1. The van der Waals surface area contributed by atoms with Crippen LogP contribution in [-0.2, 0) is 19.4 Å². The summed E-state index contributed by atoms with van der Waals surface area (Å²) in [4.78, 5) is 16.6. The quantitative estimate of drug-likeness (QED) is 0.242. The number of amides is 1. The highest BCUT2D eigenvalue weighted by molar-refractivity contribution is 6.06. The summed E-state index contributed by atoms with van der Waals surface area (Å²) in [7, 11) is 0. The van der Waals surface area contributed by atoms with Crippen LogP contribution in [0.1, 0.15) is 45.2 Å². The second kappa shape index (κ2) is 11.7. The molecule has 0 aliphatic carbocycles. The fourth-order valence-electron chi connectivity index (χ4n) is 4.65. The molecule has 0 aliphatic heterocycles. The highest BCUT2D eigenvalue weighted by Crippen LogP contribution is 2.24. The second-order valence-electron chi connectivity index (χ2n) is 9.54. The molecule has 37 heavy (non-hydrogen) atoms. The zero-order valence-electron chi connectivity index (χ0n) is 21.4. The van der Waals surface area contributed by atoms with Gasteiger partial charge in [-0.3, -0.25) is 4.79 Å². The van der Waals surface area contributed by atoms with Gasteiger partial charge in [0.25, 0.3) is 5.91 Å². The van der Waals surface area contributed by atoms with Crippen LogP contribution in [0.5, 0.6) is 0 Å². The molecule has 4 N–H and O–H groups in total. The monoisotopic (exact) mass is 505 g/mol. The van der Waals surface area contributed by atoms with Crippen molar-refractivity contribution in [1.82, 2.24) is 15.6 Å². The molecule has 3 aromatic carbocycles. The summed E-state index contributed by atoms with van der Waals surface area (Å²) >= 11 is 0. The van der Waals surface area contributed by atoms with Crippen molar-refractivity contribution in [3.05, 3.63) is 106 Å². The minimum atomic E-state index is -1.00. The van der Waals surface area contributed by atoms with Crippen LogP contribution in [-0.4, -0.2) is 34.7 Å². The first kappa shape index (κ1) is 26.5. The average molecular weight is 506 g/mol. The molecule has 194 valence electrons. The lowest BCUT2D eigenvalue weighted by atomic mass is 9.99. The predicted octanol–water partition coefficient (Wildman–Crippen LogP) is 5.12. The molecule has 0 radical (unpaired) electrons. The summed E-state index contributed by atoms with van der Waals surface area (Å²) in [6.07, 6.45) is -0.00898. The lowest BCUT2D eigenvalue weighted by Crippen LogP contribution is -2.48. The maximum Gasteiger partial charge on any atom is 0.253 e. The van der Waals surface area contributed by atoms with Gasteiger partial charge in [0.2, 0.25) is 0 Å². The summed E-state index contributed by atoms with van der Waals surface area (Å²) in [5.74, 6) is -1.78. The Kier molecular flexibility index (Phi) is 8.36. The van der Waals surface area contributed by atoms with E-state index in [2.05, 4.69) is 34.7 Å². The van der Waals surface area contributed by atoms with Crippen molar-refractivity contribution in [1.29, 1.82) is 0 Å². The molecule has 0 fully saturated rings. The molecule has 0 saturated heterocycles. The molecular weight excluding hydrogens is 472 g/mol. The van der Waals surface area contributed by atoms with Crippen molar-refractivity contribution in [2.45, 2.75) is 52.3 Å². The standard InChI is InChI=1S/C30H33F2N3O2/c1-4-20-7-5-8-21(11-20)16-33-17-28(36)27(14-22-12-23(31)15-24(32)13-22)35-30(37)26-10-6-9-25-18(2)19(3)34-29(25)26/h5-13,15,27-28,33-34,36H,4,14,16-17H2,1-3H3,(H,35,37)/t27-,28-/m0/s1. The Morgan fingerprint density at radius 3 is 2.41 bits per heavy atom. The Bertz CT molecular complexity index is 1380. The Morgan fingerprint density at radius 2 is 1.68 bits per heavy atom. The normalized spacial score (nSPS) is 13.0. The first-order chi connectivity index (χ1) is 17.7. The van der Waals surface area contributed by atoms with E-state index in [-0.39, 0.29) is 18.9 Å². The van der Waals surface area contributed by atoms with Gasteiger partial charge in [-0.05, 0) is 67.1 Å². The Labute approximate surface area is 215 Å². The van der Waals surface area contributed by atoms with Crippen LogP contribution in [0.2, 0.25) is 0 Å². The molecule has 0 bridgehead atoms. The number of nitrogens with one attached hydrogen (secondary N) is 3. The summed E-state index contributed by atoms with van der Waals surface area (Å²) < 4.78 is 27.7. The summed E-state index contributed by atoms with van der Waals surface area (Å²) in [6, 6.07) is 16.1. The maximum atomic E-state index is 13.9. The highest BCUT2D eigenvalue weighted by Gasteiger charge is 2.24. The van der Waals surface area contributed by atoms with Gasteiger partial charge < -0.3 is 20.7 Å². The highest BCUT2D eigenvalue weighted by atomic mass is 19.1.